The smallest absolute Gasteiger partial charge is 0.264 e. The minimum Gasteiger partial charge on any atom is -0.497 e. The first-order chi connectivity index (χ1) is 12.3. The van der Waals surface area contributed by atoms with Gasteiger partial charge in [-0.25, -0.2) is 8.42 Å². The maximum Gasteiger partial charge on any atom is 0.264 e. The van der Waals surface area contributed by atoms with Gasteiger partial charge in [-0.15, -0.1) is 0 Å². The van der Waals surface area contributed by atoms with Gasteiger partial charge in [0, 0.05) is 19.7 Å². The Morgan fingerprint density at radius 3 is 2.58 bits per heavy atom. The number of allylic oxidation sites excluding steroid dienone is 5. The van der Waals surface area contributed by atoms with Gasteiger partial charge >= 0.3 is 0 Å². The SMILES string of the molecule is C/C=C1/C=C(S(=O)(=O)N(CC(C)C)c2cccc(OC)c2)C=CC1=NC. The average molecular weight is 375 g/mol. The summed E-state index contributed by atoms with van der Waals surface area (Å²) in [7, 11) is -0.457. The van der Waals surface area contributed by atoms with E-state index in [1.165, 1.54) is 4.31 Å². The van der Waals surface area contributed by atoms with Crippen molar-refractivity contribution < 1.29 is 13.2 Å². The summed E-state index contributed by atoms with van der Waals surface area (Å²) in [4.78, 5) is 4.43. The van der Waals surface area contributed by atoms with Crippen LogP contribution in [0.2, 0.25) is 0 Å². The number of anilines is 1. The van der Waals surface area contributed by atoms with Gasteiger partial charge < -0.3 is 4.74 Å². The molecule has 0 radical (unpaired) electrons. The van der Waals surface area contributed by atoms with Crippen molar-refractivity contribution >= 4 is 21.4 Å². The van der Waals surface area contributed by atoms with Crippen LogP contribution in [-0.2, 0) is 10.0 Å². The lowest BCUT2D eigenvalue weighted by atomic mass is 10.1. The Balaban J connectivity index is 2.53. The van der Waals surface area contributed by atoms with Crippen LogP contribution in [0.1, 0.15) is 20.8 Å². The van der Waals surface area contributed by atoms with E-state index < -0.39 is 10.0 Å². The number of benzene rings is 1. The van der Waals surface area contributed by atoms with E-state index in [9.17, 15) is 8.42 Å². The van der Waals surface area contributed by atoms with Crippen LogP contribution in [0.25, 0.3) is 0 Å². The van der Waals surface area contributed by atoms with E-state index >= 15 is 0 Å². The van der Waals surface area contributed by atoms with Gasteiger partial charge in [0.1, 0.15) is 5.75 Å². The molecule has 0 unspecified atom stereocenters. The molecule has 0 aromatic heterocycles. The standard InChI is InChI=1S/C20H26N2O3S/c1-6-16-12-19(10-11-20(16)21-4)26(23,24)22(14-15(2)3)17-8-7-9-18(13-17)25-5/h6-13,15H,14H2,1-5H3/b16-6-,21-20?. The Hall–Kier alpha value is -2.34. The fourth-order valence-corrected chi connectivity index (χ4v) is 4.35. The summed E-state index contributed by atoms with van der Waals surface area (Å²) in [5.41, 5.74) is 2.15. The largest absolute Gasteiger partial charge is 0.497 e. The van der Waals surface area contributed by atoms with Crippen molar-refractivity contribution in [1.82, 2.24) is 0 Å². The number of hydrogen-bond donors (Lipinski definition) is 0. The normalized spacial score (nSPS) is 17.7. The first-order valence-corrected chi connectivity index (χ1v) is 9.97. The minimum atomic E-state index is -3.72. The molecule has 0 bridgehead atoms. The van der Waals surface area contributed by atoms with Crippen LogP contribution in [0.15, 0.2) is 64.0 Å². The van der Waals surface area contributed by atoms with Crippen LogP contribution in [0.3, 0.4) is 0 Å². The third-order valence-electron chi connectivity index (χ3n) is 4.01. The monoisotopic (exact) mass is 374 g/mol. The molecule has 1 aliphatic rings. The maximum atomic E-state index is 13.4. The lowest BCUT2D eigenvalue weighted by Gasteiger charge is -2.27. The van der Waals surface area contributed by atoms with Gasteiger partial charge in [0.05, 0.1) is 23.4 Å². The zero-order valence-corrected chi connectivity index (χ0v) is 16.7. The molecule has 0 spiro atoms. The van der Waals surface area contributed by atoms with Gasteiger partial charge in [-0.05, 0) is 48.8 Å². The van der Waals surface area contributed by atoms with Crippen LogP contribution in [0.4, 0.5) is 5.69 Å². The molecule has 0 N–H and O–H groups in total. The van der Waals surface area contributed by atoms with Crippen molar-refractivity contribution in [2.45, 2.75) is 20.8 Å². The molecule has 0 aliphatic heterocycles. The molecule has 1 aromatic carbocycles. The second-order valence-corrected chi connectivity index (χ2v) is 8.23. The van der Waals surface area contributed by atoms with Crippen LogP contribution in [0, 0.1) is 5.92 Å². The number of rotatable bonds is 6. The van der Waals surface area contributed by atoms with Gasteiger partial charge in [-0.1, -0.05) is 26.0 Å². The number of methoxy groups -OCH3 is 1. The first-order valence-electron chi connectivity index (χ1n) is 8.53. The van der Waals surface area contributed by atoms with E-state index in [1.807, 2.05) is 26.8 Å². The van der Waals surface area contributed by atoms with Gasteiger partial charge in [0.15, 0.2) is 0 Å². The first kappa shape index (κ1) is 20.0. The maximum absolute atomic E-state index is 13.4. The molecule has 6 heteroatoms. The van der Waals surface area contributed by atoms with E-state index in [1.54, 1.807) is 56.7 Å². The molecule has 0 saturated carbocycles. The van der Waals surface area contributed by atoms with Gasteiger partial charge in [0.25, 0.3) is 10.0 Å². The second kappa shape index (κ2) is 8.36. The zero-order chi connectivity index (χ0) is 19.3. The molecule has 0 amide bonds. The summed E-state index contributed by atoms with van der Waals surface area (Å²) < 4.78 is 33.5. The second-order valence-electron chi connectivity index (χ2n) is 6.36. The Morgan fingerprint density at radius 2 is 2.00 bits per heavy atom. The molecule has 0 saturated heterocycles. The molecule has 0 atom stereocenters. The third-order valence-corrected chi connectivity index (χ3v) is 5.80. The van der Waals surface area contributed by atoms with Crippen molar-refractivity contribution in [3.63, 3.8) is 0 Å². The zero-order valence-electron chi connectivity index (χ0n) is 15.9. The topological polar surface area (TPSA) is 59.0 Å². The Bertz CT molecular complexity index is 878. The molecule has 140 valence electrons. The summed E-state index contributed by atoms with van der Waals surface area (Å²) in [5, 5.41) is 0. The highest BCUT2D eigenvalue weighted by atomic mass is 32.2. The van der Waals surface area contributed by atoms with Gasteiger partial charge in [-0.3, -0.25) is 9.30 Å². The van der Waals surface area contributed by atoms with Crippen LogP contribution in [0.5, 0.6) is 5.75 Å². The molecule has 1 aromatic rings. The lowest BCUT2D eigenvalue weighted by molar-refractivity contribution is 0.415. The van der Waals surface area contributed by atoms with Crippen molar-refractivity contribution in [1.29, 1.82) is 0 Å². The summed E-state index contributed by atoms with van der Waals surface area (Å²) in [6.07, 6.45) is 6.88. The number of ether oxygens (including phenoxy) is 1. The van der Waals surface area contributed by atoms with Crippen molar-refractivity contribution in [2.24, 2.45) is 10.9 Å². The highest BCUT2D eigenvalue weighted by molar-refractivity contribution is 7.96. The summed E-state index contributed by atoms with van der Waals surface area (Å²) in [6.45, 7) is 6.23. The van der Waals surface area contributed by atoms with Crippen LogP contribution >= 0.6 is 0 Å². The van der Waals surface area contributed by atoms with Gasteiger partial charge in [0.2, 0.25) is 0 Å². The number of aliphatic imine (C=N–C) groups is 1. The highest BCUT2D eigenvalue weighted by Gasteiger charge is 2.28. The van der Waals surface area contributed by atoms with Crippen LogP contribution in [-0.4, -0.2) is 34.8 Å². The molecule has 2 rings (SSSR count). The molecule has 0 heterocycles. The predicted octanol–water partition coefficient (Wildman–Crippen LogP) is 3.96. The van der Waals surface area contributed by atoms with E-state index in [0.717, 1.165) is 11.3 Å². The highest BCUT2D eigenvalue weighted by Crippen LogP contribution is 2.29. The Morgan fingerprint density at radius 1 is 1.27 bits per heavy atom. The summed E-state index contributed by atoms with van der Waals surface area (Å²) in [6, 6.07) is 7.11. The lowest BCUT2D eigenvalue weighted by Crippen LogP contribution is -2.35. The minimum absolute atomic E-state index is 0.165. The van der Waals surface area contributed by atoms with Crippen LogP contribution < -0.4 is 9.04 Å². The molecule has 26 heavy (non-hydrogen) atoms. The third kappa shape index (κ3) is 4.25. The average Bonchev–Trinajstić information content (AvgIpc) is 2.65. The van der Waals surface area contributed by atoms with Crippen molar-refractivity contribution in [2.75, 3.05) is 25.0 Å². The van der Waals surface area contributed by atoms with Crippen molar-refractivity contribution in [3.8, 4) is 5.75 Å². The number of sulfonamides is 1. The molecule has 5 nitrogen and oxygen atoms in total. The fraction of sp³-hybridized carbons (Fsp3) is 0.350. The van der Waals surface area contributed by atoms with E-state index in [2.05, 4.69) is 4.99 Å². The quantitative estimate of drug-likeness (QED) is 0.757. The van der Waals surface area contributed by atoms with Crippen molar-refractivity contribution in [3.05, 3.63) is 59.0 Å². The molecular formula is C20H26N2O3S. The number of hydrogen-bond acceptors (Lipinski definition) is 4. The summed E-state index contributed by atoms with van der Waals surface area (Å²) >= 11 is 0. The van der Waals surface area contributed by atoms with Gasteiger partial charge in [-0.2, -0.15) is 0 Å². The Kier molecular flexibility index (Phi) is 6.42. The molecule has 1 aliphatic carbocycles. The Labute approximate surface area is 156 Å². The molecule has 0 fully saturated rings. The molecular weight excluding hydrogens is 348 g/mol. The van der Waals surface area contributed by atoms with E-state index in [4.69, 9.17) is 4.74 Å². The summed E-state index contributed by atoms with van der Waals surface area (Å²) in [5.74, 6) is 0.785. The van der Waals surface area contributed by atoms with E-state index in [0.29, 0.717) is 18.0 Å². The van der Waals surface area contributed by atoms with E-state index in [-0.39, 0.29) is 10.8 Å². The number of nitrogens with zero attached hydrogens (tertiary/aromatic N) is 2. The predicted molar refractivity (Wildman–Crippen MR) is 108 cm³/mol. The fourth-order valence-electron chi connectivity index (χ4n) is 2.69.